The molecule has 1 aliphatic heterocycles. The standard InChI is InChI=1S/C16H23NO4/c1-16(2)13(18)6-7-17-15(16)10-8-11(19-3)14(21-5)12(9-10)20-4/h8-9,15,17H,6-7H2,1-5H3/t15-/m0/s1. The van der Waals surface area contributed by atoms with Gasteiger partial charge in [0.05, 0.1) is 21.3 Å². The van der Waals surface area contributed by atoms with Crippen LogP contribution in [0.4, 0.5) is 0 Å². The smallest absolute Gasteiger partial charge is 0.203 e. The van der Waals surface area contributed by atoms with Gasteiger partial charge in [-0.3, -0.25) is 4.79 Å². The molecule has 0 amide bonds. The van der Waals surface area contributed by atoms with Gasteiger partial charge in [-0.2, -0.15) is 0 Å². The summed E-state index contributed by atoms with van der Waals surface area (Å²) in [6.07, 6.45) is 0.563. The molecule has 1 aromatic carbocycles. The zero-order valence-electron chi connectivity index (χ0n) is 13.3. The van der Waals surface area contributed by atoms with Gasteiger partial charge in [-0.05, 0) is 17.7 Å². The Balaban J connectivity index is 2.51. The van der Waals surface area contributed by atoms with E-state index in [1.54, 1.807) is 21.3 Å². The zero-order chi connectivity index (χ0) is 15.6. The van der Waals surface area contributed by atoms with Crippen LogP contribution in [0.1, 0.15) is 31.9 Å². The highest BCUT2D eigenvalue weighted by Gasteiger charge is 2.40. The molecule has 0 aliphatic carbocycles. The Morgan fingerprint density at radius 2 is 1.67 bits per heavy atom. The van der Waals surface area contributed by atoms with Crippen molar-refractivity contribution in [2.75, 3.05) is 27.9 Å². The number of ether oxygens (including phenoxy) is 3. The minimum atomic E-state index is -0.469. The largest absolute Gasteiger partial charge is 0.493 e. The Hall–Kier alpha value is -1.75. The molecule has 2 rings (SSSR count). The summed E-state index contributed by atoms with van der Waals surface area (Å²) in [5.74, 6) is 2.02. The second-order valence-corrected chi connectivity index (χ2v) is 5.74. The molecule has 0 aromatic heterocycles. The normalized spacial score (nSPS) is 21.0. The number of ketones is 1. The van der Waals surface area contributed by atoms with Gasteiger partial charge in [0, 0.05) is 24.4 Å². The second-order valence-electron chi connectivity index (χ2n) is 5.74. The van der Waals surface area contributed by atoms with Crippen molar-refractivity contribution in [1.82, 2.24) is 5.32 Å². The third-order valence-corrected chi connectivity index (χ3v) is 4.16. The number of methoxy groups -OCH3 is 3. The Kier molecular flexibility index (Phi) is 4.42. The van der Waals surface area contributed by atoms with Crippen molar-refractivity contribution >= 4 is 5.78 Å². The van der Waals surface area contributed by atoms with Gasteiger partial charge in [0.1, 0.15) is 5.78 Å². The lowest BCUT2D eigenvalue weighted by molar-refractivity contribution is -0.130. The molecule has 1 fully saturated rings. The van der Waals surface area contributed by atoms with E-state index in [0.29, 0.717) is 30.2 Å². The van der Waals surface area contributed by atoms with Crippen LogP contribution in [0, 0.1) is 5.41 Å². The van der Waals surface area contributed by atoms with Crippen molar-refractivity contribution in [3.63, 3.8) is 0 Å². The van der Waals surface area contributed by atoms with E-state index in [-0.39, 0.29) is 11.8 Å². The summed E-state index contributed by atoms with van der Waals surface area (Å²) in [6, 6.07) is 3.73. The van der Waals surface area contributed by atoms with Gasteiger partial charge in [0.15, 0.2) is 11.5 Å². The number of hydrogen-bond donors (Lipinski definition) is 1. The van der Waals surface area contributed by atoms with Crippen LogP contribution < -0.4 is 19.5 Å². The summed E-state index contributed by atoms with van der Waals surface area (Å²) in [7, 11) is 4.75. The maximum absolute atomic E-state index is 12.2. The second kappa shape index (κ2) is 5.93. The van der Waals surface area contributed by atoms with E-state index >= 15 is 0 Å². The number of benzene rings is 1. The maximum Gasteiger partial charge on any atom is 0.203 e. The highest BCUT2D eigenvalue weighted by Crippen LogP contribution is 2.44. The molecule has 1 aliphatic rings. The SMILES string of the molecule is COc1cc([C@@H]2NCCC(=O)C2(C)C)cc(OC)c1OC. The molecule has 0 radical (unpaired) electrons. The summed E-state index contributed by atoms with van der Waals surface area (Å²) in [5.41, 5.74) is 0.491. The molecule has 0 unspecified atom stereocenters. The number of hydrogen-bond acceptors (Lipinski definition) is 5. The van der Waals surface area contributed by atoms with E-state index in [1.807, 2.05) is 26.0 Å². The number of nitrogens with one attached hydrogen (secondary N) is 1. The van der Waals surface area contributed by atoms with E-state index < -0.39 is 5.41 Å². The predicted octanol–water partition coefficient (Wildman–Crippen LogP) is 2.34. The molecule has 0 saturated carbocycles. The van der Waals surface area contributed by atoms with Crippen LogP contribution in [-0.2, 0) is 4.79 Å². The molecule has 5 heteroatoms. The molecular weight excluding hydrogens is 270 g/mol. The van der Waals surface area contributed by atoms with Crippen molar-refractivity contribution < 1.29 is 19.0 Å². The van der Waals surface area contributed by atoms with E-state index in [9.17, 15) is 4.79 Å². The first-order valence-electron chi connectivity index (χ1n) is 7.02. The van der Waals surface area contributed by atoms with Crippen LogP contribution in [0.3, 0.4) is 0 Å². The fraction of sp³-hybridized carbons (Fsp3) is 0.562. The summed E-state index contributed by atoms with van der Waals surface area (Å²) < 4.78 is 16.1. The van der Waals surface area contributed by atoms with E-state index in [0.717, 1.165) is 5.56 Å². The Morgan fingerprint density at radius 3 is 2.14 bits per heavy atom. The summed E-state index contributed by atoms with van der Waals surface area (Å²) in [5, 5.41) is 3.42. The molecule has 0 bridgehead atoms. The highest BCUT2D eigenvalue weighted by molar-refractivity contribution is 5.86. The van der Waals surface area contributed by atoms with E-state index in [2.05, 4.69) is 5.32 Å². The van der Waals surface area contributed by atoms with Crippen LogP contribution in [0.15, 0.2) is 12.1 Å². The Bertz CT molecular complexity index is 514. The first-order chi connectivity index (χ1) is 9.95. The fourth-order valence-corrected chi connectivity index (χ4v) is 2.87. The van der Waals surface area contributed by atoms with Gasteiger partial charge in [-0.1, -0.05) is 13.8 Å². The molecule has 1 heterocycles. The third-order valence-electron chi connectivity index (χ3n) is 4.16. The maximum atomic E-state index is 12.2. The number of carbonyl (C=O) groups is 1. The minimum absolute atomic E-state index is 0.0764. The molecule has 1 saturated heterocycles. The summed E-state index contributed by atoms with van der Waals surface area (Å²) >= 11 is 0. The van der Waals surface area contributed by atoms with Gasteiger partial charge in [-0.25, -0.2) is 0 Å². The monoisotopic (exact) mass is 293 g/mol. The van der Waals surface area contributed by atoms with Gasteiger partial charge in [0.25, 0.3) is 0 Å². The lowest BCUT2D eigenvalue weighted by Crippen LogP contribution is -2.46. The summed E-state index contributed by atoms with van der Waals surface area (Å²) in [6.45, 7) is 4.62. The van der Waals surface area contributed by atoms with Gasteiger partial charge in [-0.15, -0.1) is 0 Å². The van der Waals surface area contributed by atoms with E-state index in [4.69, 9.17) is 14.2 Å². The summed E-state index contributed by atoms with van der Waals surface area (Å²) in [4.78, 5) is 12.2. The van der Waals surface area contributed by atoms with Crippen LogP contribution in [-0.4, -0.2) is 33.7 Å². The van der Waals surface area contributed by atoms with Crippen LogP contribution in [0.5, 0.6) is 17.2 Å². The zero-order valence-corrected chi connectivity index (χ0v) is 13.3. The fourth-order valence-electron chi connectivity index (χ4n) is 2.87. The third kappa shape index (κ3) is 2.70. The number of carbonyl (C=O) groups excluding carboxylic acids is 1. The molecule has 5 nitrogen and oxygen atoms in total. The predicted molar refractivity (Wildman–Crippen MR) is 80.2 cm³/mol. The molecule has 1 aromatic rings. The van der Waals surface area contributed by atoms with Gasteiger partial charge >= 0.3 is 0 Å². The van der Waals surface area contributed by atoms with Crippen LogP contribution in [0.25, 0.3) is 0 Å². The van der Waals surface area contributed by atoms with Crippen molar-refractivity contribution in [1.29, 1.82) is 0 Å². The lowest BCUT2D eigenvalue weighted by Gasteiger charge is -2.38. The molecule has 1 atom stereocenters. The molecule has 21 heavy (non-hydrogen) atoms. The number of piperidine rings is 1. The lowest BCUT2D eigenvalue weighted by atomic mass is 9.73. The van der Waals surface area contributed by atoms with Crippen molar-refractivity contribution in [3.05, 3.63) is 17.7 Å². The highest BCUT2D eigenvalue weighted by atomic mass is 16.5. The number of Topliss-reactive ketones (excluding diaryl/α,β-unsaturated/α-hetero) is 1. The molecule has 0 spiro atoms. The van der Waals surface area contributed by atoms with Crippen molar-refractivity contribution in [3.8, 4) is 17.2 Å². The molecule has 1 N–H and O–H groups in total. The van der Waals surface area contributed by atoms with Gasteiger partial charge in [0.2, 0.25) is 5.75 Å². The topological polar surface area (TPSA) is 56.8 Å². The quantitative estimate of drug-likeness (QED) is 0.923. The van der Waals surface area contributed by atoms with Gasteiger partial charge < -0.3 is 19.5 Å². The van der Waals surface area contributed by atoms with Crippen LogP contribution in [0.2, 0.25) is 0 Å². The minimum Gasteiger partial charge on any atom is -0.493 e. The average Bonchev–Trinajstić information content (AvgIpc) is 2.48. The Morgan fingerprint density at radius 1 is 1.10 bits per heavy atom. The Labute approximate surface area is 125 Å². The number of rotatable bonds is 4. The first kappa shape index (κ1) is 15.6. The van der Waals surface area contributed by atoms with Crippen molar-refractivity contribution in [2.45, 2.75) is 26.3 Å². The van der Waals surface area contributed by atoms with Crippen LogP contribution >= 0.6 is 0 Å². The molecule has 116 valence electrons. The van der Waals surface area contributed by atoms with Crippen molar-refractivity contribution in [2.24, 2.45) is 5.41 Å². The first-order valence-corrected chi connectivity index (χ1v) is 7.02. The molecular formula is C16H23NO4. The van der Waals surface area contributed by atoms with E-state index in [1.165, 1.54) is 0 Å². The average molecular weight is 293 g/mol.